The number of carbonyl (C=O) groups excluding carboxylic acids is 1. The number of halogens is 1. The molecule has 1 atom stereocenters. The fourth-order valence-corrected chi connectivity index (χ4v) is 6.07. The van der Waals surface area contributed by atoms with Gasteiger partial charge in [-0.25, -0.2) is 17.9 Å². The van der Waals surface area contributed by atoms with E-state index in [1.807, 2.05) is 42.2 Å². The number of ether oxygens (including phenoxy) is 2. The topological polar surface area (TPSA) is 88.2 Å². The predicted octanol–water partition coefficient (Wildman–Crippen LogP) is 5.27. The summed E-state index contributed by atoms with van der Waals surface area (Å²) in [5.74, 6) is -2.30. The Morgan fingerprint density at radius 2 is 1.89 bits per heavy atom. The molecule has 10 heteroatoms. The van der Waals surface area contributed by atoms with Crippen LogP contribution in [0.4, 0.5) is 21.5 Å². The lowest BCUT2D eigenvalue weighted by atomic mass is 9.89. The van der Waals surface area contributed by atoms with Crippen molar-refractivity contribution in [1.29, 1.82) is 0 Å². The molecule has 2 aromatic carbocycles. The summed E-state index contributed by atoms with van der Waals surface area (Å²) in [4.78, 5) is 15.4. The maximum atomic E-state index is 14.2. The van der Waals surface area contributed by atoms with Crippen molar-refractivity contribution in [3.8, 4) is 5.75 Å². The van der Waals surface area contributed by atoms with Gasteiger partial charge >= 0.3 is 5.97 Å². The molecule has 0 spiro atoms. The Morgan fingerprint density at radius 3 is 2.49 bits per heavy atom. The zero-order valence-electron chi connectivity index (χ0n) is 22.1. The number of nitrogens with one attached hydrogen (secondary N) is 1. The number of benzene rings is 2. The third kappa shape index (κ3) is 6.42. The Balaban J connectivity index is 2.22. The predicted molar refractivity (Wildman–Crippen MR) is 144 cm³/mol. The number of nitrogens with zero attached hydrogens (tertiary/aromatic N) is 2. The van der Waals surface area contributed by atoms with Crippen LogP contribution in [0.2, 0.25) is 0 Å². The fourth-order valence-electron chi connectivity index (χ4n) is 4.38. The quantitative estimate of drug-likeness (QED) is 0.253. The van der Waals surface area contributed by atoms with Crippen molar-refractivity contribution in [2.75, 3.05) is 37.0 Å². The molecular weight excluding hydrogens is 497 g/mol. The van der Waals surface area contributed by atoms with Gasteiger partial charge in [0.15, 0.2) is 5.75 Å². The van der Waals surface area contributed by atoms with Gasteiger partial charge in [-0.15, -0.1) is 0 Å². The van der Waals surface area contributed by atoms with Crippen molar-refractivity contribution in [2.45, 2.75) is 56.9 Å². The Bertz CT molecular complexity index is 1230. The first-order chi connectivity index (χ1) is 17.6. The van der Waals surface area contributed by atoms with Crippen molar-refractivity contribution in [1.82, 2.24) is 4.72 Å². The number of para-hydroxylation sites is 1. The van der Waals surface area contributed by atoms with Gasteiger partial charge in [0, 0.05) is 32.4 Å². The van der Waals surface area contributed by atoms with Crippen molar-refractivity contribution >= 4 is 33.1 Å². The van der Waals surface area contributed by atoms with Crippen LogP contribution in [0.1, 0.15) is 46.5 Å². The highest BCUT2D eigenvalue weighted by molar-refractivity contribution is 7.89. The van der Waals surface area contributed by atoms with E-state index >= 15 is 0 Å². The van der Waals surface area contributed by atoms with Gasteiger partial charge in [0.25, 0.3) is 0 Å². The summed E-state index contributed by atoms with van der Waals surface area (Å²) in [5.41, 5.74) is 1.15. The van der Waals surface area contributed by atoms with Gasteiger partial charge < -0.3 is 19.3 Å². The Labute approximate surface area is 219 Å². The average molecular weight is 534 g/mol. The molecule has 8 nitrogen and oxygen atoms in total. The van der Waals surface area contributed by atoms with Crippen LogP contribution in [0.15, 0.2) is 59.4 Å². The van der Waals surface area contributed by atoms with E-state index in [2.05, 4.69) is 16.4 Å². The molecular formula is C27H36FN3O5S. The molecule has 0 saturated heterocycles. The SMILES string of the molecule is CCCC[C@]1(CC)CN(c2ccccc2)c2cc(N(C)C)c(O/C=C(\F)C(=O)OCC)cc2S(=O)(=O)N1. The van der Waals surface area contributed by atoms with E-state index < -0.39 is 27.4 Å². The summed E-state index contributed by atoms with van der Waals surface area (Å²) in [6.45, 7) is 6.08. The highest BCUT2D eigenvalue weighted by Crippen LogP contribution is 2.44. The van der Waals surface area contributed by atoms with E-state index in [1.54, 1.807) is 32.0 Å². The number of hydrogen-bond acceptors (Lipinski definition) is 7. The summed E-state index contributed by atoms with van der Waals surface area (Å²) in [6, 6.07) is 12.7. The second kappa shape index (κ2) is 12.0. The number of unbranched alkanes of at least 4 members (excludes halogenated alkanes) is 1. The van der Waals surface area contributed by atoms with Crippen LogP contribution in [0.3, 0.4) is 0 Å². The summed E-state index contributed by atoms with van der Waals surface area (Å²) in [6.07, 6.45) is 3.71. The van der Waals surface area contributed by atoms with E-state index in [4.69, 9.17) is 4.74 Å². The Morgan fingerprint density at radius 1 is 1.19 bits per heavy atom. The maximum Gasteiger partial charge on any atom is 0.370 e. The molecule has 0 radical (unpaired) electrons. The Hall–Kier alpha value is -3.11. The molecule has 0 saturated carbocycles. The molecule has 37 heavy (non-hydrogen) atoms. The molecule has 1 aliphatic rings. The van der Waals surface area contributed by atoms with E-state index in [0.29, 0.717) is 37.0 Å². The molecule has 0 bridgehead atoms. The summed E-state index contributed by atoms with van der Waals surface area (Å²) >= 11 is 0. The molecule has 0 aliphatic carbocycles. The molecule has 3 rings (SSSR count). The highest BCUT2D eigenvalue weighted by Gasteiger charge is 2.41. The summed E-state index contributed by atoms with van der Waals surface area (Å²) in [7, 11) is -0.451. The van der Waals surface area contributed by atoms with Crippen LogP contribution in [0.5, 0.6) is 5.75 Å². The minimum Gasteiger partial charge on any atom is -0.461 e. The molecule has 1 aliphatic heterocycles. The molecule has 0 unspecified atom stereocenters. The number of fused-ring (bicyclic) bond motifs is 1. The molecule has 0 fully saturated rings. The van der Waals surface area contributed by atoms with Crippen molar-refractivity contribution in [3.63, 3.8) is 0 Å². The molecule has 1 N–H and O–H groups in total. The van der Waals surface area contributed by atoms with Crippen LogP contribution < -0.4 is 19.3 Å². The third-order valence-electron chi connectivity index (χ3n) is 6.43. The Kier molecular flexibility index (Phi) is 9.20. The summed E-state index contributed by atoms with van der Waals surface area (Å²) in [5, 5.41) is 0. The second-order valence-corrected chi connectivity index (χ2v) is 10.9. The highest BCUT2D eigenvalue weighted by atomic mass is 32.2. The van der Waals surface area contributed by atoms with Crippen LogP contribution in [0.25, 0.3) is 0 Å². The normalized spacial score (nSPS) is 19.1. The van der Waals surface area contributed by atoms with E-state index in [1.165, 1.54) is 6.07 Å². The molecule has 0 aromatic heterocycles. The smallest absolute Gasteiger partial charge is 0.370 e. The van der Waals surface area contributed by atoms with Gasteiger partial charge in [0.2, 0.25) is 15.9 Å². The first kappa shape index (κ1) is 28.5. The number of esters is 1. The minimum atomic E-state index is -3.99. The van der Waals surface area contributed by atoms with E-state index in [9.17, 15) is 17.6 Å². The monoisotopic (exact) mass is 533 g/mol. The van der Waals surface area contributed by atoms with E-state index in [0.717, 1.165) is 18.5 Å². The van der Waals surface area contributed by atoms with Crippen LogP contribution in [0, 0.1) is 0 Å². The van der Waals surface area contributed by atoms with Gasteiger partial charge in [-0.1, -0.05) is 44.9 Å². The first-order valence-corrected chi connectivity index (χ1v) is 14.0. The fraction of sp³-hybridized carbons (Fsp3) is 0.444. The molecule has 202 valence electrons. The average Bonchev–Trinajstić information content (AvgIpc) is 2.98. The van der Waals surface area contributed by atoms with E-state index in [-0.39, 0.29) is 17.3 Å². The maximum absolute atomic E-state index is 14.2. The van der Waals surface area contributed by atoms with Gasteiger partial charge in [0.05, 0.1) is 23.5 Å². The number of anilines is 3. The minimum absolute atomic E-state index is 0.00807. The molecule has 1 heterocycles. The zero-order chi connectivity index (χ0) is 27.2. The lowest BCUT2D eigenvalue weighted by Crippen LogP contribution is -2.52. The van der Waals surface area contributed by atoms with Crippen LogP contribution in [-0.4, -0.2) is 47.2 Å². The van der Waals surface area contributed by atoms with Crippen molar-refractivity contribution < 1.29 is 27.1 Å². The van der Waals surface area contributed by atoms with Gasteiger partial charge in [-0.3, -0.25) is 0 Å². The number of rotatable bonds is 10. The summed E-state index contributed by atoms with van der Waals surface area (Å²) < 4.78 is 55.0. The third-order valence-corrected chi connectivity index (χ3v) is 8.04. The van der Waals surface area contributed by atoms with Gasteiger partial charge in [-0.05, 0) is 38.0 Å². The second-order valence-electron chi connectivity index (χ2n) is 9.25. The van der Waals surface area contributed by atoms with Crippen molar-refractivity contribution in [3.05, 3.63) is 54.6 Å². The largest absolute Gasteiger partial charge is 0.461 e. The van der Waals surface area contributed by atoms with Crippen LogP contribution >= 0.6 is 0 Å². The zero-order valence-corrected chi connectivity index (χ0v) is 22.9. The molecule has 2 aromatic rings. The van der Waals surface area contributed by atoms with Crippen LogP contribution in [-0.2, 0) is 19.6 Å². The van der Waals surface area contributed by atoms with Crippen molar-refractivity contribution in [2.24, 2.45) is 0 Å². The standard InChI is InChI=1S/C27H36FN3O5S/c1-6-9-15-27(7-2)19-31(20-13-11-10-12-14-20)23-16-22(30(4)5)24(17-25(23)37(33,34)29-27)36-18-21(28)26(32)35-8-3/h10-14,16-18,29H,6-9,15,19H2,1-5H3/b21-18-/t27-/m1/s1. The lowest BCUT2D eigenvalue weighted by Gasteiger charge is -2.36. The number of hydrogen-bond donors (Lipinski definition) is 1. The number of sulfonamides is 1. The van der Waals surface area contributed by atoms with Gasteiger partial charge in [-0.2, -0.15) is 4.39 Å². The van der Waals surface area contributed by atoms with Gasteiger partial charge in [0.1, 0.15) is 11.2 Å². The first-order valence-electron chi connectivity index (χ1n) is 12.5. The lowest BCUT2D eigenvalue weighted by molar-refractivity contribution is -0.140. The molecule has 0 amide bonds. The number of carbonyl (C=O) groups is 1.